The molecule has 0 radical (unpaired) electrons. The Kier molecular flexibility index (Phi) is 5.19. The van der Waals surface area contributed by atoms with Gasteiger partial charge in [0.15, 0.2) is 0 Å². The van der Waals surface area contributed by atoms with Crippen LogP contribution in [0.5, 0.6) is 0 Å². The van der Waals surface area contributed by atoms with Gasteiger partial charge >= 0.3 is 6.09 Å². The maximum Gasteiger partial charge on any atom is 0.410 e. The Hall–Kier alpha value is -1.58. The molecule has 2 rings (SSSR count). The van der Waals surface area contributed by atoms with Crippen LogP contribution in [0.4, 0.5) is 9.18 Å². The number of hydrogen-bond donors (Lipinski definition) is 0. The van der Waals surface area contributed by atoms with E-state index in [9.17, 15) is 9.18 Å². The minimum Gasteiger partial charge on any atom is -0.445 e. The van der Waals surface area contributed by atoms with Crippen molar-refractivity contribution in [1.82, 2.24) is 4.90 Å². The first-order valence-corrected chi connectivity index (χ1v) is 6.81. The van der Waals surface area contributed by atoms with Crippen LogP contribution in [0, 0.1) is 5.92 Å². The normalized spacial score (nSPS) is 19.2. The van der Waals surface area contributed by atoms with Gasteiger partial charge in [-0.25, -0.2) is 4.79 Å². The number of rotatable bonds is 4. The Morgan fingerprint density at radius 3 is 2.89 bits per heavy atom. The number of halogens is 1. The first kappa shape index (κ1) is 13.8. The zero-order valence-corrected chi connectivity index (χ0v) is 11.1. The fraction of sp³-hybridized carbons (Fsp3) is 0.533. The molecule has 0 aliphatic carbocycles. The number of hydrogen-bond acceptors (Lipinski definition) is 2. The highest BCUT2D eigenvalue weighted by Gasteiger charge is 2.24. The van der Waals surface area contributed by atoms with Crippen LogP contribution >= 0.6 is 0 Å². The van der Waals surface area contributed by atoms with E-state index in [0.717, 1.165) is 24.9 Å². The van der Waals surface area contributed by atoms with Crippen LogP contribution in [-0.2, 0) is 11.3 Å². The molecule has 1 fully saturated rings. The van der Waals surface area contributed by atoms with Gasteiger partial charge in [0.05, 0.1) is 6.67 Å². The molecule has 4 heteroatoms. The molecule has 3 nitrogen and oxygen atoms in total. The maximum atomic E-state index is 12.3. The van der Waals surface area contributed by atoms with E-state index in [-0.39, 0.29) is 18.7 Å². The molecular formula is C15H20FNO2. The van der Waals surface area contributed by atoms with Gasteiger partial charge in [0.2, 0.25) is 0 Å². The van der Waals surface area contributed by atoms with Crippen molar-refractivity contribution in [3.05, 3.63) is 35.9 Å². The molecule has 0 aromatic heterocycles. The van der Waals surface area contributed by atoms with Crippen molar-refractivity contribution in [2.75, 3.05) is 19.8 Å². The van der Waals surface area contributed by atoms with Crippen molar-refractivity contribution in [1.29, 1.82) is 0 Å². The number of carbonyl (C=O) groups excluding carboxylic acids is 1. The number of likely N-dealkylation sites (tertiary alicyclic amines) is 1. The first-order valence-electron chi connectivity index (χ1n) is 6.81. The van der Waals surface area contributed by atoms with Crippen molar-refractivity contribution >= 4 is 6.09 Å². The fourth-order valence-corrected chi connectivity index (χ4v) is 2.43. The van der Waals surface area contributed by atoms with E-state index in [4.69, 9.17) is 4.74 Å². The third kappa shape index (κ3) is 4.23. The van der Waals surface area contributed by atoms with Crippen molar-refractivity contribution in [2.24, 2.45) is 5.92 Å². The number of piperidine rings is 1. The van der Waals surface area contributed by atoms with Crippen LogP contribution in [0.25, 0.3) is 0 Å². The van der Waals surface area contributed by atoms with Gasteiger partial charge in [-0.3, -0.25) is 4.39 Å². The van der Waals surface area contributed by atoms with E-state index in [1.807, 2.05) is 30.3 Å². The fourth-order valence-electron chi connectivity index (χ4n) is 2.43. The highest BCUT2D eigenvalue weighted by atomic mass is 19.1. The third-order valence-corrected chi connectivity index (χ3v) is 3.50. The number of amides is 1. The summed E-state index contributed by atoms with van der Waals surface area (Å²) < 4.78 is 17.6. The van der Waals surface area contributed by atoms with E-state index in [1.54, 1.807) is 4.90 Å². The smallest absolute Gasteiger partial charge is 0.410 e. The lowest BCUT2D eigenvalue weighted by Crippen LogP contribution is -2.40. The lowest BCUT2D eigenvalue weighted by Gasteiger charge is -2.31. The molecule has 1 heterocycles. The van der Waals surface area contributed by atoms with Crippen LogP contribution in [0.3, 0.4) is 0 Å². The van der Waals surface area contributed by atoms with E-state index >= 15 is 0 Å². The standard InChI is InChI=1S/C15H20FNO2/c16-9-8-13-7-4-10-17(11-13)15(18)19-12-14-5-2-1-3-6-14/h1-3,5-6,13H,4,7-12H2. The van der Waals surface area contributed by atoms with Gasteiger partial charge in [-0.2, -0.15) is 0 Å². The molecule has 1 aromatic carbocycles. The Balaban J connectivity index is 1.79. The summed E-state index contributed by atoms with van der Waals surface area (Å²) in [6.45, 7) is 1.33. The molecule has 0 N–H and O–H groups in total. The second-order valence-electron chi connectivity index (χ2n) is 4.97. The summed E-state index contributed by atoms with van der Waals surface area (Å²) in [5.74, 6) is 0.281. The van der Waals surface area contributed by atoms with Gasteiger partial charge in [-0.15, -0.1) is 0 Å². The van der Waals surface area contributed by atoms with Crippen LogP contribution in [0.1, 0.15) is 24.8 Å². The van der Waals surface area contributed by atoms with Gasteiger partial charge in [-0.1, -0.05) is 30.3 Å². The van der Waals surface area contributed by atoms with Gasteiger partial charge in [0, 0.05) is 13.1 Å². The highest BCUT2D eigenvalue weighted by molar-refractivity contribution is 5.67. The molecule has 19 heavy (non-hydrogen) atoms. The van der Waals surface area contributed by atoms with E-state index in [0.29, 0.717) is 19.6 Å². The molecule has 1 atom stereocenters. The third-order valence-electron chi connectivity index (χ3n) is 3.50. The number of carbonyl (C=O) groups is 1. The lowest BCUT2D eigenvalue weighted by atomic mass is 9.96. The zero-order valence-electron chi connectivity index (χ0n) is 11.1. The summed E-state index contributed by atoms with van der Waals surface area (Å²) in [4.78, 5) is 13.6. The number of nitrogens with zero attached hydrogens (tertiary/aromatic N) is 1. The van der Waals surface area contributed by atoms with Crippen molar-refractivity contribution in [3.8, 4) is 0 Å². The van der Waals surface area contributed by atoms with E-state index in [2.05, 4.69) is 0 Å². The molecule has 1 saturated heterocycles. The predicted molar refractivity (Wildman–Crippen MR) is 71.5 cm³/mol. The van der Waals surface area contributed by atoms with Crippen LogP contribution < -0.4 is 0 Å². The van der Waals surface area contributed by atoms with Gasteiger partial charge in [0.1, 0.15) is 6.61 Å². The topological polar surface area (TPSA) is 29.5 Å². The minimum absolute atomic E-state index is 0.281. The highest BCUT2D eigenvalue weighted by Crippen LogP contribution is 2.20. The molecule has 104 valence electrons. The number of alkyl halides is 1. The first-order chi connectivity index (χ1) is 9.29. The number of benzene rings is 1. The monoisotopic (exact) mass is 265 g/mol. The summed E-state index contributed by atoms with van der Waals surface area (Å²) in [6.07, 6.45) is 2.20. The summed E-state index contributed by atoms with van der Waals surface area (Å²) in [7, 11) is 0. The second kappa shape index (κ2) is 7.12. The van der Waals surface area contributed by atoms with Crippen molar-refractivity contribution in [3.63, 3.8) is 0 Å². The predicted octanol–water partition coefficient (Wildman–Crippen LogP) is 3.39. The van der Waals surface area contributed by atoms with Crippen LogP contribution in [0.2, 0.25) is 0 Å². The zero-order chi connectivity index (χ0) is 13.5. The van der Waals surface area contributed by atoms with E-state index in [1.165, 1.54) is 0 Å². The summed E-state index contributed by atoms with van der Waals surface area (Å²) in [5, 5.41) is 0. The molecule has 1 amide bonds. The van der Waals surface area contributed by atoms with Crippen LogP contribution in [-0.4, -0.2) is 30.8 Å². The summed E-state index contributed by atoms with van der Waals surface area (Å²) >= 11 is 0. The SMILES string of the molecule is O=C(OCc1ccccc1)N1CCCC(CCF)C1. The van der Waals surface area contributed by atoms with E-state index < -0.39 is 0 Å². The van der Waals surface area contributed by atoms with Crippen molar-refractivity contribution in [2.45, 2.75) is 25.9 Å². The second-order valence-corrected chi connectivity index (χ2v) is 4.97. The Bertz CT molecular complexity index is 394. The van der Waals surface area contributed by atoms with Gasteiger partial charge in [-0.05, 0) is 30.7 Å². The molecule has 0 saturated carbocycles. The molecule has 1 unspecified atom stereocenters. The molecule has 1 aliphatic heterocycles. The van der Waals surface area contributed by atoms with Gasteiger partial charge in [0.25, 0.3) is 0 Å². The molecule has 0 spiro atoms. The Morgan fingerprint density at radius 1 is 1.37 bits per heavy atom. The van der Waals surface area contributed by atoms with Gasteiger partial charge < -0.3 is 9.64 Å². The van der Waals surface area contributed by atoms with Crippen molar-refractivity contribution < 1.29 is 13.9 Å². The Morgan fingerprint density at radius 2 is 2.16 bits per heavy atom. The Labute approximate surface area is 113 Å². The lowest BCUT2D eigenvalue weighted by molar-refractivity contribution is 0.0770. The molecule has 1 aliphatic rings. The summed E-state index contributed by atoms with van der Waals surface area (Å²) in [6, 6.07) is 9.62. The number of ether oxygens (including phenoxy) is 1. The minimum atomic E-state index is -0.308. The quantitative estimate of drug-likeness (QED) is 0.835. The average molecular weight is 265 g/mol. The summed E-state index contributed by atoms with van der Waals surface area (Å²) in [5.41, 5.74) is 0.980. The maximum absolute atomic E-state index is 12.3. The molecule has 1 aromatic rings. The average Bonchev–Trinajstić information content (AvgIpc) is 2.46. The largest absolute Gasteiger partial charge is 0.445 e. The molecule has 0 bridgehead atoms. The van der Waals surface area contributed by atoms with Crippen LogP contribution in [0.15, 0.2) is 30.3 Å². The molecular weight excluding hydrogens is 245 g/mol.